The molecule has 4 rings (SSSR count). The van der Waals surface area contributed by atoms with Gasteiger partial charge >= 0.3 is 0 Å². The van der Waals surface area contributed by atoms with E-state index < -0.39 is 0 Å². The Balaban J connectivity index is 1.54. The topological polar surface area (TPSA) is 67.9 Å². The number of carbonyl (C=O) groups excluding carboxylic acids is 1. The summed E-state index contributed by atoms with van der Waals surface area (Å²) < 4.78 is 17.1. The molecule has 28 heavy (non-hydrogen) atoms. The van der Waals surface area contributed by atoms with Crippen molar-refractivity contribution in [3.63, 3.8) is 0 Å². The van der Waals surface area contributed by atoms with Gasteiger partial charge in [0, 0.05) is 30.6 Å². The molecule has 6 nitrogen and oxygen atoms in total. The molecule has 0 bridgehead atoms. The number of amides is 1. The number of hydrogen-bond acceptors (Lipinski definition) is 5. The molecule has 0 spiro atoms. The number of hydrogen-bond donors (Lipinski definition) is 1. The monoisotopic (exact) mass is 402 g/mol. The Morgan fingerprint density at radius 2 is 1.96 bits per heavy atom. The number of morpholine rings is 1. The maximum absolute atomic E-state index is 12.8. The van der Waals surface area contributed by atoms with Crippen molar-refractivity contribution in [2.75, 3.05) is 32.8 Å². The number of halogens is 1. The maximum atomic E-state index is 12.8. The van der Waals surface area contributed by atoms with Gasteiger partial charge in [0.05, 0.1) is 24.3 Å². The molecule has 1 N–H and O–H groups in total. The number of carbonyl (C=O) groups is 1. The molecule has 1 amide bonds. The normalized spacial score (nSPS) is 16.4. The molecular weight excluding hydrogens is 380 g/mol. The Bertz CT molecular complexity index is 988. The minimum absolute atomic E-state index is 0.0603. The van der Waals surface area contributed by atoms with Gasteiger partial charge in [-0.1, -0.05) is 23.7 Å². The van der Waals surface area contributed by atoms with E-state index in [-0.39, 0.29) is 11.9 Å². The molecule has 1 aliphatic rings. The summed E-state index contributed by atoms with van der Waals surface area (Å²) in [5.74, 6) is 1.72. The third-order valence-electron chi connectivity index (χ3n) is 5.15. The summed E-state index contributed by atoms with van der Waals surface area (Å²) in [5, 5.41) is 4.36. The van der Waals surface area contributed by atoms with Crippen LogP contribution in [0.25, 0.3) is 11.0 Å². The fourth-order valence-corrected chi connectivity index (χ4v) is 3.84. The van der Waals surface area contributed by atoms with Gasteiger partial charge in [0.1, 0.15) is 11.5 Å². The van der Waals surface area contributed by atoms with Crippen molar-refractivity contribution in [3.05, 3.63) is 58.2 Å². The number of ether oxygens (including phenoxy) is 1. The number of benzene rings is 1. The van der Waals surface area contributed by atoms with Crippen LogP contribution in [-0.2, 0) is 4.74 Å². The molecule has 0 aliphatic carbocycles. The lowest BCUT2D eigenvalue weighted by atomic mass is 10.1. The van der Waals surface area contributed by atoms with Crippen molar-refractivity contribution in [2.45, 2.75) is 19.9 Å². The lowest BCUT2D eigenvalue weighted by molar-refractivity contribution is 0.0116. The van der Waals surface area contributed by atoms with Crippen molar-refractivity contribution in [2.24, 2.45) is 0 Å². The Morgan fingerprint density at radius 3 is 2.64 bits per heavy atom. The maximum Gasteiger partial charge on any atom is 0.287 e. The van der Waals surface area contributed by atoms with E-state index >= 15 is 0 Å². The lowest BCUT2D eigenvalue weighted by Crippen LogP contribution is -2.43. The Hall–Kier alpha value is -2.28. The van der Waals surface area contributed by atoms with Crippen LogP contribution in [0.2, 0.25) is 5.02 Å². The van der Waals surface area contributed by atoms with Crippen molar-refractivity contribution < 1.29 is 18.4 Å². The average Bonchev–Trinajstić information content (AvgIpc) is 3.27. The number of para-hydroxylation sites is 1. The zero-order chi connectivity index (χ0) is 19.7. The quantitative estimate of drug-likeness (QED) is 0.695. The van der Waals surface area contributed by atoms with Crippen LogP contribution in [0.4, 0.5) is 0 Å². The zero-order valence-corrected chi connectivity index (χ0v) is 16.7. The average molecular weight is 403 g/mol. The SMILES string of the molecule is Cc1ccc(C(CNC(=O)c2oc3c(Cl)cccc3c2C)N2CCOCC2)o1. The summed E-state index contributed by atoms with van der Waals surface area (Å²) in [5.41, 5.74) is 1.32. The molecule has 1 unspecified atom stereocenters. The predicted molar refractivity (Wildman–Crippen MR) is 107 cm³/mol. The first kappa shape index (κ1) is 19.1. The molecular formula is C21H23ClN2O4. The minimum Gasteiger partial charge on any atom is -0.465 e. The van der Waals surface area contributed by atoms with Gasteiger partial charge in [0.2, 0.25) is 0 Å². The van der Waals surface area contributed by atoms with Crippen LogP contribution in [0.3, 0.4) is 0 Å². The highest BCUT2D eigenvalue weighted by molar-refractivity contribution is 6.35. The number of nitrogens with zero attached hydrogens (tertiary/aromatic N) is 1. The molecule has 1 saturated heterocycles. The van der Waals surface area contributed by atoms with Gasteiger partial charge in [0.15, 0.2) is 11.3 Å². The van der Waals surface area contributed by atoms with E-state index in [1.54, 1.807) is 6.07 Å². The van der Waals surface area contributed by atoms with Gasteiger partial charge in [-0.25, -0.2) is 0 Å². The molecule has 1 aliphatic heterocycles. The van der Waals surface area contributed by atoms with Crippen molar-refractivity contribution in [1.82, 2.24) is 10.2 Å². The van der Waals surface area contributed by atoms with Crippen LogP contribution in [0.1, 0.15) is 33.7 Å². The van der Waals surface area contributed by atoms with Crippen LogP contribution in [0.15, 0.2) is 39.2 Å². The van der Waals surface area contributed by atoms with E-state index in [4.69, 9.17) is 25.2 Å². The Labute approximate surface area is 168 Å². The summed E-state index contributed by atoms with van der Waals surface area (Å²) in [6.07, 6.45) is 0. The fraction of sp³-hybridized carbons (Fsp3) is 0.381. The first-order valence-electron chi connectivity index (χ1n) is 9.38. The number of fused-ring (bicyclic) bond motifs is 1. The van der Waals surface area contributed by atoms with E-state index in [1.807, 2.05) is 38.1 Å². The highest BCUT2D eigenvalue weighted by Gasteiger charge is 2.27. The number of nitrogens with one attached hydrogen (secondary N) is 1. The van der Waals surface area contributed by atoms with Crippen LogP contribution >= 0.6 is 11.6 Å². The fourth-order valence-electron chi connectivity index (χ4n) is 3.63. The standard InChI is InChI=1S/C21H23ClN2O4/c1-13-6-7-18(27-13)17(24-8-10-26-11-9-24)12-23-21(25)19-14(2)15-4-3-5-16(22)20(15)28-19/h3-7,17H,8-12H2,1-2H3,(H,23,25). The van der Waals surface area contributed by atoms with Crippen LogP contribution in [0.5, 0.6) is 0 Å². The molecule has 1 atom stereocenters. The van der Waals surface area contributed by atoms with Crippen LogP contribution in [0, 0.1) is 13.8 Å². The minimum atomic E-state index is -0.258. The second-order valence-corrected chi connectivity index (χ2v) is 7.40. The summed E-state index contributed by atoms with van der Waals surface area (Å²) in [7, 11) is 0. The molecule has 1 aromatic carbocycles. The number of aryl methyl sites for hydroxylation is 2. The Kier molecular flexibility index (Phi) is 5.44. The molecule has 2 aromatic heterocycles. The van der Waals surface area contributed by atoms with Gasteiger partial charge in [-0.3, -0.25) is 9.69 Å². The van der Waals surface area contributed by atoms with Crippen molar-refractivity contribution in [1.29, 1.82) is 0 Å². The third kappa shape index (κ3) is 3.68. The molecule has 3 heterocycles. The molecule has 7 heteroatoms. The van der Waals surface area contributed by atoms with Gasteiger partial charge < -0.3 is 18.9 Å². The van der Waals surface area contributed by atoms with E-state index in [0.29, 0.717) is 36.1 Å². The molecule has 0 saturated carbocycles. The first-order chi connectivity index (χ1) is 13.5. The Morgan fingerprint density at radius 1 is 1.18 bits per heavy atom. The molecule has 3 aromatic rings. The van der Waals surface area contributed by atoms with Gasteiger partial charge in [-0.05, 0) is 32.0 Å². The third-order valence-corrected chi connectivity index (χ3v) is 5.45. The van der Waals surface area contributed by atoms with Gasteiger partial charge in [-0.15, -0.1) is 0 Å². The second kappa shape index (κ2) is 7.99. The van der Waals surface area contributed by atoms with E-state index in [9.17, 15) is 4.79 Å². The molecule has 0 radical (unpaired) electrons. The lowest BCUT2D eigenvalue weighted by Gasteiger charge is -2.33. The highest BCUT2D eigenvalue weighted by Crippen LogP contribution is 2.31. The van der Waals surface area contributed by atoms with Gasteiger partial charge in [-0.2, -0.15) is 0 Å². The first-order valence-corrected chi connectivity index (χ1v) is 9.76. The van der Waals surface area contributed by atoms with E-state index in [1.165, 1.54) is 0 Å². The summed E-state index contributed by atoms with van der Waals surface area (Å²) in [6, 6.07) is 9.35. The number of furan rings is 2. The van der Waals surface area contributed by atoms with E-state index in [2.05, 4.69) is 10.2 Å². The molecule has 148 valence electrons. The zero-order valence-electron chi connectivity index (χ0n) is 16.0. The predicted octanol–water partition coefficient (Wildman–Crippen LogP) is 4.10. The van der Waals surface area contributed by atoms with E-state index in [0.717, 1.165) is 35.6 Å². The van der Waals surface area contributed by atoms with Crippen LogP contribution < -0.4 is 5.32 Å². The molecule has 1 fully saturated rings. The van der Waals surface area contributed by atoms with Gasteiger partial charge in [0.25, 0.3) is 5.91 Å². The largest absolute Gasteiger partial charge is 0.465 e. The van der Waals surface area contributed by atoms with Crippen molar-refractivity contribution >= 4 is 28.5 Å². The van der Waals surface area contributed by atoms with Crippen LogP contribution in [-0.4, -0.2) is 43.7 Å². The highest BCUT2D eigenvalue weighted by atomic mass is 35.5. The summed E-state index contributed by atoms with van der Waals surface area (Å²) in [4.78, 5) is 15.1. The summed E-state index contributed by atoms with van der Waals surface area (Å²) >= 11 is 6.20. The second-order valence-electron chi connectivity index (χ2n) is 7.00. The summed E-state index contributed by atoms with van der Waals surface area (Å²) in [6.45, 7) is 7.12. The van der Waals surface area contributed by atoms with Crippen molar-refractivity contribution in [3.8, 4) is 0 Å². The smallest absolute Gasteiger partial charge is 0.287 e. The number of rotatable bonds is 5.